The third-order valence-electron chi connectivity index (χ3n) is 17.1. The fourth-order valence-electron chi connectivity index (χ4n) is 13.8. The summed E-state index contributed by atoms with van der Waals surface area (Å²) in [6.45, 7) is 7.04. The molecule has 0 fully saturated rings. The number of hydrogen-bond donors (Lipinski definition) is 0. The third kappa shape index (κ3) is 7.05. The minimum atomic E-state index is -3.32. The zero-order chi connectivity index (χ0) is 51.9. The molecule has 0 N–H and O–H groups in total. The van der Waals surface area contributed by atoms with E-state index >= 15 is 0 Å². The van der Waals surface area contributed by atoms with Gasteiger partial charge in [0.05, 0.1) is 16.7 Å². The summed E-state index contributed by atoms with van der Waals surface area (Å²) in [6, 6.07) is 101. The normalized spacial score (nSPS) is 15.1. The molecule has 0 radical (unpaired) electrons. The lowest BCUT2D eigenvalue weighted by Gasteiger charge is -2.48. The van der Waals surface area contributed by atoms with E-state index < -0.39 is 8.07 Å². The zero-order valence-electron chi connectivity index (χ0n) is 43.3. The standard InChI is InChI=1S/C75H53NSSi/c1-3-22-71(78(56-29-11-6-12-30-56,57-31-19-27-52(45-57)50-23-7-4-8-24-50)58-32-20-28-53(46-58)51-25-9-5-10-26-51)73-49(2)72-61-35-13-14-36-62(61)75(73)74-63(72)37-21-39-68(74)76-66-38-17-15-33-59(66)64-47-54(41-43-67(64)76)55-42-44-70-65(48-55)60-34-16-18-40-69(60)77-70/h3-48,72,75H,1H2,2H3/b71-22+. The van der Waals surface area contributed by atoms with Crippen LogP contribution in [-0.2, 0) is 0 Å². The number of fused-ring (bicyclic) bond motifs is 6. The molecule has 2 heterocycles. The molecule has 16 rings (SSSR count). The monoisotopic (exact) mass is 1030 g/mol. The molecule has 0 saturated heterocycles. The van der Waals surface area contributed by atoms with Crippen LogP contribution < -0.4 is 15.6 Å². The minimum Gasteiger partial charge on any atom is -0.309 e. The largest absolute Gasteiger partial charge is 0.309 e. The number of allylic oxidation sites excluding steroid dienone is 5. The van der Waals surface area contributed by atoms with E-state index in [9.17, 15) is 0 Å². The van der Waals surface area contributed by atoms with E-state index in [1.165, 1.54) is 135 Å². The van der Waals surface area contributed by atoms with E-state index in [2.05, 4.69) is 297 Å². The van der Waals surface area contributed by atoms with Crippen LogP contribution in [0.25, 0.3) is 81.0 Å². The first-order valence-electron chi connectivity index (χ1n) is 27.2. The second-order valence-corrected chi connectivity index (χ2v) is 25.9. The zero-order valence-corrected chi connectivity index (χ0v) is 45.1. The van der Waals surface area contributed by atoms with Crippen molar-refractivity contribution >= 4 is 76.9 Å². The van der Waals surface area contributed by atoms with Gasteiger partial charge < -0.3 is 4.57 Å². The van der Waals surface area contributed by atoms with Crippen LogP contribution in [0.2, 0.25) is 0 Å². The van der Waals surface area contributed by atoms with Crippen LogP contribution in [0.3, 0.4) is 0 Å². The Morgan fingerprint density at radius 1 is 0.410 bits per heavy atom. The molecule has 2 atom stereocenters. The highest BCUT2D eigenvalue weighted by Crippen LogP contribution is 2.59. The van der Waals surface area contributed by atoms with Crippen molar-refractivity contribution in [3.8, 4) is 39.1 Å². The summed E-state index contributed by atoms with van der Waals surface area (Å²) in [6.07, 6.45) is 4.50. The summed E-state index contributed by atoms with van der Waals surface area (Å²) in [5.41, 5.74) is 19.3. The van der Waals surface area contributed by atoms with Crippen molar-refractivity contribution in [2.45, 2.75) is 18.8 Å². The summed E-state index contributed by atoms with van der Waals surface area (Å²) in [7, 11) is -3.32. The Labute approximate surface area is 460 Å². The predicted molar refractivity (Wildman–Crippen MR) is 335 cm³/mol. The van der Waals surface area contributed by atoms with Gasteiger partial charge in [0.25, 0.3) is 0 Å². The molecule has 0 amide bonds. The van der Waals surface area contributed by atoms with Crippen molar-refractivity contribution < 1.29 is 0 Å². The van der Waals surface area contributed by atoms with Gasteiger partial charge in [-0.2, -0.15) is 0 Å². The molecule has 78 heavy (non-hydrogen) atoms. The van der Waals surface area contributed by atoms with E-state index in [-0.39, 0.29) is 11.8 Å². The minimum absolute atomic E-state index is 0.0425. The highest BCUT2D eigenvalue weighted by atomic mass is 32.1. The molecule has 2 bridgehead atoms. The third-order valence-corrected chi connectivity index (χ3v) is 23.0. The van der Waals surface area contributed by atoms with Crippen LogP contribution in [0.1, 0.15) is 41.0 Å². The summed E-state index contributed by atoms with van der Waals surface area (Å²) in [5.74, 6) is -0.0441. The number of aromatic nitrogens is 1. The van der Waals surface area contributed by atoms with Crippen LogP contribution >= 0.6 is 11.3 Å². The molecule has 1 nitrogen and oxygen atoms in total. The van der Waals surface area contributed by atoms with E-state index in [0.717, 1.165) is 0 Å². The highest BCUT2D eigenvalue weighted by molar-refractivity contribution is 7.25. The van der Waals surface area contributed by atoms with Crippen LogP contribution in [0.5, 0.6) is 0 Å². The Kier molecular flexibility index (Phi) is 11.0. The van der Waals surface area contributed by atoms with E-state index in [1.807, 2.05) is 11.3 Å². The van der Waals surface area contributed by atoms with Crippen LogP contribution in [0.4, 0.5) is 0 Å². The van der Waals surface area contributed by atoms with Crippen molar-refractivity contribution in [2.24, 2.45) is 0 Å². The molecular weight excluding hydrogens is 975 g/mol. The van der Waals surface area contributed by atoms with Crippen LogP contribution in [0.15, 0.2) is 302 Å². The van der Waals surface area contributed by atoms with Gasteiger partial charge in [0, 0.05) is 42.8 Å². The maximum absolute atomic E-state index is 4.60. The topological polar surface area (TPSA) is 4.93 Å². The van der Waals surface area contributed by atoms with Gasteiger partial charge in [0.15, 0.2) is 8.07 Å². The summed E-state index contributed by atoms with van der Waals surface area (Å²) >= 11 is 1.87. The molecule has 0 spiro atoms. The highest BCUT2D eigenvalue weighted by Gasteiger charge is 2.51. The fraction of sp³-hybridized carbons (Fsp3) is 0.0400. The lowest BCUT2D eigenvalue weighted by molar-refractivity contribution is 0.734. The fourth-order valence-corrected chi connectivity index (χ4v) is 20.1. The first-order chi connectivity index (χ1) is 38.6. The van der Waals surface area contributed by atoms with E-state index in [1.54, 1.807) is 0 Å². The number of para-hydroxylation sites is 1. The van der Waals surface area contributed by atoms with E-state index in [4.69, 9.17) is 0 Å². The maximum atomic E-state index is 4.60. The molecule has 11 aromatic carbocycles. The lowest BCUT2D eigenvalue weighted by atomic mass is 9.60. The molecule has 3 aliphatic carbocycles. The molecule has 13 aromatic rings. The second-order valence-electron chi connectivity index (χ2n) is 21.1. The van der Waals surface area contributed by atoms with Gasteiger partial charge in [-0.25, -0.2) is 0 Å². The number of thiophene rings is 1. The van der Waals surface area contributed by atoms with Crippen molar-refractivity contribution in [3.05, 3.63) is 324 Å². The molecule has 3 aliphatic rings. The van der Waals surface area contributed by atoms with Crippen LogP contribution in [0, 0.1) is 0 Å². The Morgan fingerprint density at radius 3 is 1.60 bits per heavy atom. The van der Waals surface area contributed by atoms with Gasteiger partial charge in [-0.15, -0.1) is 11.3 Å². The number of rotatable bonds is 10. The average molecular weight is 1030 g/mol. The number of nitrogens with zero attached hydrogens (tertiary/aromatic N) is 1. The van der Waals surface area contributed by atoms with Crippen molar-refractivity contribution in [1.29, 1.82) is 0 Å². The Hall–Kier alpha value is -9.12. The van der Waals surface area contributed by atoms with Gasteiger partial charge in [-0.05, 0) is 131 Å². The first kappa shape index (κ1) is 46.2. The quantitative estimate of drug-likeness (QED) is 0.0731. The Bertz CT molecular complexity index is 4510. The van der Waals surface area contributed by atoms with Gasteiger partial charge in [0.1, 0.15) is 0 Å². The van der Waals surface area contributed by atoms with Crippen molar-refractivity contribution in [3.63, 3.8) is 0 Å². The van der Waals surface area contributed by atoms with Gasteiger partial charge in [-0.3, -0.25) is 0 Å². The average Bonchev–Trinajstić information content (AvgIpc) is 3.90. The molecule has 3 heteroatoms. The number of benzene rings is 11. The molecule has 368 valence electrons. The lowest BCUT2D eigenvalue weighted by Crippen LogP contribution is -2.69. The Morgan fingerprint density at radius 2 is 0.910 bits per heavy atom. The number of hydrogen-bond acceptors (Lipinski definition) is 1. The molecule has 0 aliphatic heterocycles. The van der Waals surface area contributed by atoms with Gasteiger partial charge in [-0.1, -0.05) is 249 Å². The summed E-state index contributed by atoms with van der Waals surface area (Å²) in [5, 5.41) is 10.5. The van der Waals surface area contributed by atoms with Crippen molar-refractivity contribution in [1.82, 2.24) is 4.57 Å². The van der Waals surface area contributed by atoms with Crippen LogP contribution in [-0.4, -0.2) is 12.6 Å². The van der Waals surface area contributed by atoms with Gasteiger partial charge in [0.2, 0.25) is 0 Å². The predicted octanol–water partition coefficient (Wildman–Crippen LogP) is 17.9. The first-order valence-corrected chi connectivity index (χ1v) is 30.0. The molecule has 2 unspecified atom stereocenters. The SMILES string of the molecule is C=C/C=C(\C1=C(C)C2c3ccccc3C1c1c2cccc1-n1c2ccccc2c2cc(-c3ccc4sc5ccccc5c4c3)ccc21)[Si](c1ccccc1)(c1cccc(-c2ccccc2)c1)c1cccc(-c2ccccc2)c1. The second kappa shape index (κ2) is 18.6. The van der Waals surface area contributed by atoms with Gasteiger partial charge >= 0.3 is 0 Å². The smallest absolute Gasteiger partial charge is 0.179 e. The Balaban J connectivity index is 0.988. The molecular formula is C75H53NSSi. The van der Waals surface area contributed by atoms with Crippen molar-refractivity contribution in [2.75, 3.05) is 0 Å². The summed E-state index contributed by atoms with van der Waals surface area (Å²) in [4.78, 5) is 0. The summed E-state index contributed by atoms with van der Waals surface area (Å²) < 4.78 is 5.24. The van der Waals surface area contributed by atoms with E-state index in [0.29, 0.717) is 0 Å². The maximum Gasteiger partial charge on any atom is 0.179 e. The molecule has 2 aromatic heterocycles. The molecule has 0 saturated carbocycles.